The zero-order valence-corrected chi connectivity index (χ0v) is 59.2. The van der Waals surface area contributed by atoms with E-state index in [0.717, 1.165) is 12.1 Å². The molecule has 4 aromatic carbocycles. The van der Waals surface area contributed by atoms with Gasteiger partial charge in [0.15, 0.2) is 17.2 Å². The van der Waals surface area contributed by atoms with Crippen LogP contribution in [0, 0.1) is 0 Å². The third kappa shape index (κ3) is 21.4. The van der Waals surface area contributed by atoms with E-state index in [1.807, 2.05) is 0 Å². The molecule has 104 heavy (non-hydrogen) atoms. The molecule has 2 fully saturated rings. The maximum absolute atomic E-state index is 14.8. The first-order valence-electron chi connectivity index (χ1n) is 33.5. The molecule has 35 nitrogen and oxygen atoms in total. The van der Waals surface area contributed by atoms with Crippen molar-refractivity contribution < 1.29 is 129 Å². The summed E-state index contributed by atoms with van der Waals surface area (Å²) in [4.78, 5) is 51.3. The number of carbonyl (C=O) groups excluding carboxylic acids is 3. The number of hydrogen-bond donors (Lipinski definition) is 10. The third-order valence-corrected chi connectivity index (χ3v) is 18.0. The molecule has 6 aromatic rings. The molecule has 5 heterocycles. The molecule has 0 spiro atoms. The molecule has 0 bridgehead atoms. The van der Waals surface area contributed by atoms with Crippen LogP contribution in [0.3, 0.4) is 0 Å². The van der Waals surface area contributed by atoms with E-state index in [-0.39, 0.29) is 78.5 Å². The number of H-pyrrole nitrogens is 1. The van der Waals surface area contributed by atoms with Crippen LogP contribution in [0.1, 0.15) is 63.9 Å². The molecule has 10 N–H and O–H groups in total. The second-order valence-corrected chi connectivity index (χ2v) is 25.6. The van der Waals surface area contributed by atoms with Crippen LogP contribution in [0.15, 0.2) is 78.1 Å². The number of methoxy groups -OCH3 is 1. The summed E-state index contributed by atoms with van der Waals surface area (Å²) in [6.07, 6.45) is -14.5. The number of ether oxygens (including phenoxy) is 11. The first-order valence-corrected chi connectivity index (χ1v) is 35.4. The highest BCUT2D eigenvalue weighted by Gasteiger charge is 2.47. The SMILES string of the molecule is CCC(=O)NCCOCCOCCOCCOCCOCCOCc1cn(CCOCCN(C)C(=O)c2ccc(O[C@@H]3O[C@H](CO)[C@H](O)[C@H](O)[C@H]3O)c(OS(=O)(=O)Oc3cc4c(c5cc(OC)ccc35)[C@H](CCl)CN4C(=O)c3cc4cc(/C(C)=N/OC5OC(CO)[C@H](O)[C@H](O)[C@H]5O)ccc4[nH]3)c2)nn1. The second kappa shape index (κ2) is 39.2. The number of aromatic nitrogens is 4. The Hall–Kier alpha value is -7.54. The molecule has 3 amide bonds. The first kappa shape index (κ1) is 80.6. The van der Waals surface area contributed by atoms with Gasteiger partial charge < -0.3 is 126 Å². The lowest BCUT2D eigenvalue weighted by molar-refractivity contribution is -0.301. The van der Waals surface area contributed by atoms with E-state index < -0.39 is 114 Å². The van der Waals surface area contributed by atoms with Crippen LogP contribution in [0.4, 0.5) is 5.69 Å². The largest absolute Gasteiger partial charge is 0.501 e. The molecule has 572 valence electrons. The molecule has 0 saturated carbocycles. The number of alkyl halides is 1. The van der Waals surface area contributed by atoms with Crippen molar-refractivity contribution in [1.82, 2.24) is 30.2 Å². The van der Waals surface area contributed by atoms with E-state index in [1.165, 1.54) is 36.1 Å². The van der Waals surface area contributed by atoms with Gasteiger partial charge in [-0.15, -0.1) is 25.1 Å². The van der Waals surface area contributed by atoms with Crippen molar-refractivity contribution in [3.63, 3.8) is 0 Å². The number of nitrogens with one attached hydrogen (secondary N) is 2. The average Bonchev–Trinajstić information content (AvgIpc) is 1.56. The quantitative estimate of drug-likeness (QED) is 0.0106. The van der Waals surface area contributed by atoms with E-state index in [0.29, 0.717) is 131 Å². The topological polar surface area (TPSA) is 454 Å². The number of benzene rings is 4. The van der Waals surface area contributed by atoms with E-state index >= 15 is 0 Å². The molecule has 37 heteroatoms. The Kier molecular flexibility index (Phi) is 30.3. The number of hydrogen-bond acceptors (Lipinski definition) is 30. The average molecular weight is 1510 g/mol. The summed E-state index contributed by atoms with van der Waals surface area (Å²) in [6, 6.07) is 16.2. The Bertz CT molecular complexity index is 3920. The molecule has 3 aliphatic heterocycles. The van der Waals surface area contributed by atoms with Crippen LogP contribution in [-0.2, 0) is 75.8 Å². The summed E-state index contributed by atoms with van der Waals surface area (Å²) in [5.74, 6) is -2.82. The molecular formula is C67H89ClN8O27S. The van der Waals surface area contributed by atoms with Crippen molar-refractivity contribution in [2.75, 3.05) is 144 Å². The van der Waals surface area contributed by atoms with Crippen molar-refractivity contribution in [3.05, 3.63) is 101 Å². The number of carbonyl (C=O) groups is 3. The minimum atomic E-state index is -5.34. The number of aromatic amines is 1. The van der Waals surface area contributed by atoms with Gasteiger partial charge in [0.05, 0.1) is 137 Å². The van der Waals surface area contributed by atoms with E-state index in [1.54, 1.807) is 67.2 Å². The first-order chi connectivity index (χ1) is 50.1. The smallest absolute Gasteiger partial charge is 0.497 e. The highest BCUT2D eigenvalue weighted by Crippen LogP contribution is 2.48. The zero-order chi connectivity index (χ0) is 74.5. The molecule has 0 aliphatic carbocycles. The Morgan fingerprint density at radius 2 is 1.32 bits per heavy atom. The summed E-state index contributed by atoms with van der Waals surface area (Å²) < 4.78 is 103. The molecular weight excluding hydrogens is 1420 g/mol. The monoisotopic (exact) mass is 1500 g/mol. The number of amides is 3. The van der Waals surface area contributed by atoms with Gasteiger partial charge in [0.25, 0.3) is 18.1 Å². The minimum Gasteiger partial charge on any atom is -0.497 e. The molecule has 2 saturated heterocycles. The fraction of sp³-hybridized carbons (Fsp3) is 0.552. The van der Waals surface area contributed by atoms with Crippen LogP contribution >= 0.6 is 11.6 Å². The Morgan fingerprint density at radius 3 is 1.96 bits per heavy atom. The highest BCUT2D eigenvalue weighted by molar-refractivity contribution is 7.82. The molecule has 3 aliphatic rings. The van der Waals surface area contributed by atoms with Crippen LogP contribution in [0.5, 0.6) is 23.0 Å². The second-order valence-electron chi connectivity index (χ2n) is 24.1. The third-order valence-electron chi connectivity index (χ3n) is 16.9. The summed E-state index contributed by atoms with van der Waals surface area (Å²) in [6.45, 7) is 7.50. The minimum absolute atomic E-state index is 0.0133. The van der Waals surface area contributed by atoms with Crippen LogP contribution < -0.4 is 28.1 Å². The lowest BCUT2D eigenvalue weighted by Crippen LogP contribution is -2.60. The summed E-state index contributed by atoms with van der Waals surface area (Å²) >= 11 is 6.65. The number of fused-ring (bicyclic) bond motifs is 4. The predicted octanol–water partition coefficient (Wildman–Crippen LogP) is 0.240. The number of nitrogens with zero attached hydrogens (tertiary/aromatic N) is 6. The van der Waals surface area contributed by atoms with Gasteiger partial charge in [0, 0.05) is 72.8 Å². The summed E-state index contributed by atoms with van der Waals surface area (Å²) in [7, 11) is -2.43. The van der Waals surface area contributed by atoms with Gasteiger partial charge in [-0.25, -0.2) is 4.68 Å². The van der Waals surface area contributed by atoms with Gasteiger partial charge in [-0.3, -0.25) is 14.4 Å². The fourth-order valence-electron chi connectivity index (χ4n) is 11.2. The molecule has 2 unspecified atom stereocenters. The van der Waals surface area contributed by atoms with Crippen molar-refractivity contribution in [1.29, 1.82) is 0 Å². The Labute approximate surface area is 603 Å². The zero-order valence-electron chi connectivity index (χ0n) is 57.6. The number of rotatable bonds is 42. The number of likely N-dealkylation sites (N-methyl/N-ethyl adjacent to an activating group) is 1. The molecule has 2 aromatic heterocycles. The lowest BCUT2D eigenvalue weighted by Gasteiger charge is -2.39. The number of anilines is 1. The number of oxime groups is 1. The van der Waals surface area contributed by atoms with Gasteiger partial charge in [-0.05, 0) is 78.0 Å². The van der Waals surface area contributed by atoms with E-state index in [9.17, 15) is 63.7 Å². The maximum Gasteiger partial charge on any atom is 0.501 e. The van der Waals surface area contributed by atoms with Gasteiger partial charge in [0.1, 0.15) is 66.0 Å². The Morgan fingerprint density at radius 1 is 0.702 bits per heavy atom. The molecule has 9 rings (SSSR count). The maximum atomic E-state index is 14.8. The lowest BCUT2D eigenvalue weighted by atomic mass is 9.95. The fourth-order valence-corrected chi connectivity index (χ4v) is 12.2. The number of aliphatic hydroxyl groups is 8. The van der Waals surface area contributed by atoms with Gasteiger partial charge >= 0.3 is 10.4 Å². The van der Waals surface area contributed by atoms with Crippen molar-refractivity contribution in [2.24, 2.45) is 5.16 Å². The van der Waals surface area contributed by atoms with Crippen molar-refractivity contribution >= 4 is 72.8 Å². The molecule has 11 atom stereocenters. The summed E-state index contributed by atoms with van der Waals surface area (Å²) in [5.41, 5.74) is 2.66. The molecule has 0 radical (unpaired) electrons. The normalized spacial score (nSPS) is 22.0. The standard InChI is InChI=1S/C67H89ClN8O27S/c1-5-56(79)69-12-15-91-18-19-93-20-21-94-22-23-95-24-25-96-26-27-97-38-44-35-75(73-71-44)14-17-92-16-13-74(3)64(86)41-7-11-51(98-66-62(84)60(82)58(80)54(36-77)99-66)53(30-41)103-104(88,89)102-52-32-50-57(47-31-45(90-4)8-9-46(47)52)43(33-68)34-76(50)65(87)49-29-42-28-40(6-10-48(42)70-49)39(2)72-101-67-63(85)61(83)59(81)55(37-78)100-67/h6-11,28-32,35,43,54-55,58-63,66-67,70,77-78,80-85H,5,12-27,33-34,36-38H2,1-4H3,(H,69,79)/b72-39+/t43-,54-,55?,58+,59+,60+,61+,62-,63-,66-,67?/m1/s1. The predicted molar refractivity (Wildman–Crippen MR) is 367 cm³/mol. The van der Waals surface area contributed by atoms with Gasteiger partial charge in [-0.1, -0.05) is 23.4 Å². The highest BCUT2D eigenvalue weighted by atomic mass is 35.5. The van der Waals surface area contributed by atoms with Crippen LogP contribution in [0.25, 0.3) is 21.7 Å². The van der Waals surface area contributed by atoms with E-state index in [2.05, 4.69) is 25.8 Å². The van der Waals surface area contributed by atoms with E-state index in [4.69, 9.17) is 76.9 Å². The van der Waals surface area contributed by atoms with Gasteiger partial charge in [0.2, 0.25) is 12.2 Å². The van der Waals surface area contributed by atoms with Crippen LogP contribution in [0.2, 0.25) is 0 Å². The van der Waals surface area contributed by atoms with Crippen LogP contribution in [-0.4, -0.2) is 298 Å². The van der Waals surface area contributed by atoms with Gasteiger partial charge in [-0.2, -0.15) is 0 Å². The Balaban J connectivity index is 0.794. The van der Waals surface area contributed by atoms with Crippen molar-refractivity contribution in [3.8, 4) is 23.0 Å². The van der Waals surface area contributed by atoms with Crippen molar-refractivity contribution in [2.45, 2.75) is 101 Å². The number of halogens is 1. The summed E-state index contributed by atoms with van der Waals surface area (Å²) in [5, 5.41) is 98.7. The number of aliphatic hydroxyl groups excluding tert-OH is 8.